The van der Waals surface area contributed by atoms with Crippen LogP contribution in [0.5, 0.6) is 0 Å². The summed E-state index contributed by atoms with van der Waals surface area (Å²) in [4.78, 5) is 24.7. The molecule has 0 amide bonds. The molecule has 5 heteroatoms. The van der Waals surface area contributed by atoms with Gasteiger partial charge < -0.3 is 5.11 Å². The van der Waals surface area contributed by atoms with E-state index in [1.807, 2.05) is 66.3 Å². The number of carboxylic acid groups (broad SMARTS) is 1. The van der Waals surface area contributed by atoms with Gasteiger partial charge in [0.2, 0.25) is 0 Å². The van der Waals surface area contributed by atoms with Crippen molar-refractivity contribution < 1.29 is 9.90 Å². The molecule has 2 aromatic carbocycles. The van der Waals surface area contributed by atoms with E-state index >= 15 is 0 Å². The lowest BCUT2D eigenvalue weighted by Gasteiger charge is -2.11. The summed E-state index contributed by atoms with van der Waals surface area (Å²) in [6.45, 7) is 11.0. The van der Waals surface area contributed by atoms with Crippen LogP contribution in [-0.4, -0.2) is 20.2 Å². The van der Waals surface area contributed by atoms with Crippen LogP contribution in [0.3, 0.4) is 0 Å². The maximum absolute atomic E-state index is 13.2. The molecule has 0 aliphatic heterocycles. The number of nitrogens with zero attached hydrogens (tertiary/aromatic N) is 2. The summed E-state index contributed by atoms with van der Waals surface area (Å²) in [5, 5.41) is 9.46. The van der Waals surface area contributed by atoms with E-state index in [1.54, 1.807) is 12.1 Å². The summed E-state index contributed by atoms with van der Waals surface area (Å²) in [5.41, 5.74) is 5.03. The summed E-state index contributed by atoms with van der Waals surface area (Å²) in [7, 11) is 0. The molecular weight excluding hydrogens is 388 g/mol. The number of carbonyl (C=O) groups is 1. The van der Waals surface area contributed by atoms with Gasteiger partial charge in [0, 0.05) is 17.4 Å². The minimum absolute atomic E-state index is 0.0338. The van der Waals surface area contributed by atoms with Crippen LogP contribution in [0, 0.1) is 12.8 Å². The van der Waals surface area contributed by atoms with Crippen LogP contribution in [-0.2, 0) is 13.0 Å². The second-order valence-electron chi connectivity index (χ2n) is 8.84. The highest BCUT2D eigenvalue weighted by Gasteiger charge is 2.19. The largest absolute Gasteiger partial charge is 0.478 e. The monoisotopic (exact) mass is 420 g/mol. The summed E-state index contributed by atoms with van der Waals surface area (Å²) >= 11 is 0. The first-order valence-corrected chi connectivity index (χ1v) is 10.9. The van der Waals surface area contributed by atoms with Gasteiger partial charge in [0.05, 0.1) is 12.1 Å². The molecule has 0 aliphatic rings. The molecule has 0 aliphatic carbocycles. The van der Waals surface area contributed by atoms with Crippen LogP contribution >= 0.6 is 0 Å². The van der Waals surface area contributed by atoms with E-state index in [0.717, 1.165) is 35.4 Å². The van der Waals surface area contributed by atoms with E-state index < -0.39 is 5.97 Å². The topological polar surface area (TPSA) is 64.2 Å². The predicted molar refractivity (Wildman–Crippen MR) is 125 cm³/mol. The number of imidazole rings is 1. The second kappa shape index (κ2) is 9.38. The maximum atomic E-state index is 13.2. The Morgan fingerprint density at radius 3 is 2.23 bits per heavy atom. The first kappa shape index (κ1) is 22.6. The van der Waals surface area contributed by atoms with Crippen LogP contribution < -0.4 is 5.69 Å². The molecule has 1 N–H and O–H groups in total. The Kier molecular flexibility index (Phi) is 6.84. The fourth-order valence-electron chi connectivity index (χ4n) is 4.13. The third kappa shape index (κ3) is 4.82. The van der Waals surface area contributed by atoms with Crippen LogP contribution in [0.4, 0.5) is 0 Å². The Labute approximate surface area is 184 Å². The van der Waals surface area contributed by atoms with E-state index in [1.165, 1.54) is 0 Å². The molecule has 0 bridgehead atoms. The lowest BCUT2D eigenvalue weighted by Crippen LogP contribution is -2.27. The summed E-state index contributed by atoms with van der Waals surface area (Å²) in [6, 6.07) is 14.9. The third-order valence-corrected chi connectivity index (χ3v) is 5.78. The van der Waals surface area contributed by atoms with E-state index in [-0.39, 0.29) is 17.3 Å². The molecule has 0 unspecified atom stereocenters. The molecule has 0 spiro atoms. The van der Waals surface area contributed by atoms with Crippen molar-refractivity contribution in [2.45, 2.75) is 60.0 Å². The normalized spacial score (nSPS) is 11.5. The number of hydrogen-bond donors (Lipinski definition) is 1. The number of rotatable bonds is 8. The zero-order valence-electron chi connectivity index (χ0n) is 19.1. The molecule has 1 heterocycles. The quantitative estimate of drug-likeness (QED) is 0.520. The molecule has 3 rings (SSSR count). The lowest BCUT2D eigenvalue weighted by atomic mass is 9.98. The highest BCUT2D eigenvalue weighted by molar-refractivity contribution is 5.95. The summed E-state index contributed by atoms with van der Waals surface area (Å²) < 4.78 is 3.78. The van der Waals surface area contributed by atoms with Gasteiger partial charge in [-0.25, -0.2) is 9.59 Å². The fraction of sp³-hybridized carbons (Fsp3) is 0.385. The molecule has 0 atom stereocenters. The fourth-order valence-corrected chi connectivity index (χ4v) is 4.13. The first-order chi connectivity index (χ1) is 14.7. The number of carboxylic acids is 1. The number of hydrogen-bond acceptors (Lipinski definition) is 2. The van der Waals surface area contributed by atoms with Crippen molar-refractivity contribution in [1.29, 1.82) is 0 Å². The Bertz CT molecular complexity index is 1120. The van der Waals surface area contributed by atoms with Crippen LogP contribution in [0.2, 0.25) is 0 Å². The van der Waals surface area contributed by atoms with Gasteiger partial charge in [-0.3, -0.25) is 9.13 Å². The van der Waals surface area contributed by atoms with Gasteiger partial charge >= 0.3 is 11.7 Å². The zero-order valence-corrected chi connectivity index (χ0v) is 19.1. The van der Waals surface area contributed by atoms with Gasteiger partial charge in [0.25, 0.3) is 0 Å². The molecule has 31 heavy (non-hydrogen) atoms. The van der Waals surface area contributed by atoms with E-state index in [9.17, 15) is 14.7 Å². The minimum atomic E-state index is -0.938. The van der Waals surface area contributed by atoms with Crippen molar-refractivity contribution in [2.24, 2.45) is 5.92 Å². The zero-order chi connectivity index (χ0) is 22.7. The molecule has 0 radical (unpaired) electrons. The average molecular weight is 421 g/mol. The molecule has 0 saturated carbocycles. The lowest BCUT2D eigenvalue weighted by molar-refractivity contribution is 0.0697. The number of aromatic carboxylic acids is 1. The van der Waals surface area contributed by atoms with Crippen LogP contribution in [0.15, 0.2) is 53.3 Å². The van der Waals surface area contributed by atoms with Gasteiger partial charge in [0.15, 0.2) is 0 Å². The summed E-state index contributed by atoms with van der Waals surface area (Å²) in [5.74, 6) is -0.370. The van der Waals surface area contributed by atoms with Gasteiger partial charge in [-0.05, 0) is 62.3 Å². The molecule has 0 saturated heterocycles. The molecule has 0 fully saturated rings. The molecule has 1 aromatic heterocycles. The van der Waals surface area contributed by atoms with Crippen molar-refractivity contribution in [3.63, 3.8) is 0 Å². The standard InChI is InChI=1S/C26H32N2O3/c1-17(2)10-15-24-19(5)28(18(3)4)26(31)27(24)16-20-11-13-21(14-12-20)22-8-6-7-9-23(22)25(29)30/h6-9,11-14,17-18H,10,15-16H2,1-5H3,(H,29,30). The van der Waals surface area contributed by atoms with Crippen LogP contribution in [0.25, 0.3) is 11.1 Å². The van der Waals surface area contributed by atoms with Crippen molar-refractivity contribution in [3.8, 4) is 11.1 Å². The minimum Gasteiger partial charge on any atom is -0.478 e. The van der Waals surface area contributed by atoms with Crippen LogP contribution in [0.1, 0.15) is 67.5 Å². The van der Waals surface area contributed by atoms with Gasteiger partial charge in [0.1, 0.15) is 0 Å². The third-order valence-electron chi connectivity index (χ3n) is 5.78. The number of aromatic nitrogens is 2. The van der Waals surface area contributed by atoms with Crippen molar-refractivity contribution in [2.75, 3.05) is 0 Å². The smallest absolute Gasteiger partial charge is 0.336 e. The SMILES string of the molecule is Cc1c(CCC(C)C)n(Cc2ccc(-c3ccccc3C(=O)O)cc2)c(=O)n1C(C)C. The Morgan fingerprint density at radius 2 is 1.65 bits per heavy atom. The molecule has 164 valence electrons. The Hall–Kier alpha value is -3.08. The molecule has 3 aromatic rings. The average Bonchev–Trinajstić information content (AvgIpc) is 2.96. The van der Waals surface area contributed by atoms with Crippen molar-refractivity contribution in [3.05, 3.63) is 81.5 Å². The van der Waals surface area contributed by atoms with Crippen molar-refractivity contribution in [1.82, 2.24) is 9.13 Å². The Morgan fingerprint density at radius 1 is 1.00 bits per heavy atom. The van der Waals surface area contributed by atoms with Gasteiger partial charge in [-0.2, -0.15) is 0 Å². The van der Waals surface area contributed by atoms with E-state index in [2.05, 4.69) is 13.8 Å². The van der Waals surface area contributed by atoms with Crippen molar-refractivity contribution >= 4 is 5.97 Å². The molecular formula is C26H32N2O3. The first-order valence-electron chi connectivity index (χ1n) is 10.9. The van der Waals surface area contributed by atoms with Gasteiger partial charge in [-0.1, -0.05) is 56.3 Å². The molecule has 5 nitrogen and oxygen atoms in total. The Balaban J connectivity index is 1.95. The highest BCUT2D eigenvalue weighted by atomic mass is 16.4. The second-order valence-corrected chi connectivity index (χ2v) is 8.84. The predicted octanol–water partition coefficient (Wildman–Crippen LogP) is 5.54. The highest BCUT2D eigenvalue weighted by Crippen LogP contribution is 2.25. The van der Waals surface area contributed by atoms with E-state index in [0.29, 0.717) is 18.0 Å². The number of benzene rings is 2. The maximum Gasteiger partial charge on any atom is 0.336 e. The summed E-state index contributed by atoms with van der Waals surface area (Å²) in [6.07, 6.45) is 1.91. The van der Waals surface area contributed by atoms with E-state index in [4.69, 9.17) is 0 Å². The van der Waals surface area contributed by atoms with Gasteiger partial charge in [-0.15, -0.1) is 0 Å².